The van der Waals surface area contributed by atoms with Crippen molar-refractivity contribution >= 4 is 51.7 Å². The van der Waals surface area contributed by atoms with Crippen LogP contribution >= 0.6 is 24.0 Å². The van der Waals surface area contributed by atoms with Crippen LogP contribution in [0.4, 0.5) is 5.82 Å². The van der Waals surface area contributed by atoms with Gasteiger partial charge in [-0.1, -0.05) is 82.9 Å². The van der Waals surface area contributed by atoms with E-state index in [1.165, 1.54) is 37.4 Å². The van der Waals surface area contributed by atoms with E-state index in [0.29, 0.717) is 44.6 Å². The summed E-state index contributed by atoms with van der Waals surface area (Å²) in [5, 5.41) is 0. The van der Waals surface area contributed by atoms with Crippen LogP contribution in [-0.4, -0.2) is 44.1 Å². The van der Waals surface area contributed by atoms with Gasteiger partial charge in [-0.25, -0.2) is 4.98 Å². The molecule has 0 spiro atoms. The first-order valence-electron chi connectivity index (χ1n) is 12.9. The number of carbonyl (C=O) groups excluding carboxylic acids is 1. The number of pyridine rings is 1. The average molecular weight is 513 g/mol. The van der Waals surface area contributed by atoms with Crippen LogP contribution in [0.25, 0.3) is 11.7 Å². The van der Waals surface area contributed by atoms with Gasteiger partial charge in [0.05, 0.1) is 10.5 Å². The van der Waals surface area contributed by atoms with Gasteiger partial charge in [0.15, 0.2) is 0 Å². The zero-order valence-electron chi connectivity index (χ0n) is 21.0. The summed E-state index contributed by atoms with van der Waals surface area (Å²) in [6, 6.07) is 5.57. The molecule has 2 saturated heterocycles. The fourth-order valence-corrected chi connectivity index (χ4v) is 6.46. The molecule has 4 rings (SSSR count). The number of rotatable bonds is 9. The first-order valence-corrected chi connectivity index (χ1v) is 14.1. The summed E-state index contributed by atoms with van der Waals surface area (Å²) < 4.78 is 2.13. The predicted octanol–water partition coefficient (Wildman–Crippen LogP) is 5.74. The van der Waals surface area contributed by atoms with Gasteiger partial charge in [-0.05, 0) is 42.9 Å². The van der Waals surface area contributed by atoms with Crippen LogP contribution in [0.2, 0.25) is 0 Å². The predicted molar refractivity (Wildman–Crippen MR) is 150 cm³/mol. The van der Waals surface area contributed by atoms with Crippen molar-refractivity contribution in [2.75, 3.05) is 24.5 Å². The third kappa shape index (κ3) is 5.97. The number of fused-ring (bicyclic) bond motifs is 1. The Labute approximate surface area is 217 Å². The number of hydrogen-bond donors (Lipinski definition) is 0. The van der Waals surface area contributed by atoms with Crippen LogP contribution in [-0.2, 0) is 4.79 Å². The van der Waals surface area contributed by atoms with Crippen molar-refractivity contribution in [3.8, 4) is 0 Å². The van der Waals surface area contributed by atoms with E-state index in [1.54, 1.807) is 21.6 Å². The van der Waals surface area contributed by atoms with Crippen LogP contribution in [0, 0.1) is 11.8 Å². The molecular formula is C27H36N4O2S2. The third-order valence-electron chi connectivity index (χ3n) is 6.80. The van der Waals surface area contributed by atoms with Crippen molar-refractivity contribution in [3.63, 3.8) is 0 Å². The summed E-state index contributed by atoms with van der Waals surface area (Å²) in [5.74, 6) is 1.59. The topological polar surface area (TPSA) is 57.9 Å². The Bertz CT molecular complexity index is 1170. The molecule has 0 bridgehead atoms. The molecule has 6 nitrogen and oxygen atoms in total. The molecule has 0 saturated carbocycles. The van der Waals surface area contributed by atoms with Crippen molar-refractivity contribution in [2.45, 2.75) is 65.7 Å². The molecule has 2 aliphatic heterocycles. The fraction of sp³-hybridized carbons (Fsp3) is 0.556. The third-order valence-corrected chi connectivity index (χ3v) is 8.18. The Hall–Kier alpha value is -2.19. The summed E-state index contributed by atoms with van der Waals surface area (Å²) in [6.45, 7) is 9.02. The van der Waals surface area contributed by atoms with Gasteiger partial charge in [0.1, 0.15) is 15.8 Å². The summed E-state index contributed by atoms with van der Waals surface area (Å²) in [6.07, 6.45) is 11.6. The Morgan fingerprint density at radius 2 is 1.80 bits per heavy atom. The van der Waals surface area contributed by atoms with Crippen molar-refractivity contribution < 1.29 is 4.79 Å². The molecule has 0 aliphatic carbocycles. The first kappa shape index (κ1) is 25.9. The smallest absolute Gasteiger partial charge is 0.267 e. The molecule has 2 aliphatic rings. The number of hydrogen-bond acceptors (Lipinski definition) is 6. The van der Waals surface area contributed by atoms with E-state index in [-0.39, 0.29) is 11.5 Å². The van der Waals surface area contributed by atoms with Crippen LogP contribution in [0.5, 0.6) is 0 Å². The van der Waals surface area contributed by atoms with E-state index < -0.39 is 0 Å². The number of anilines is 1. The normalized spacial score (nSPS) is 22.1. The minimum absolute atomic E-state index is 0.0996. The number of piperidine rings is 1. The van der Waals surface area contributed by atoms with Crippen molar-refractivity contribution in [3.05, 3.63) is 45.2 Å². The van der Waals surface area contributed by atoms with Crippen molar-refractivity contribution in [1.29, 1.82) is 0 Å². The lowest BCUT2D eigenvalue weighted by Gasteiger charge is -2.36. The molecule has 0 N–H and O–H groups in total. The highest BCUT2D eigenvalue weighted by molar-refractivity contribution is 8.26. The van der Waals surface area contributed by atoms with Gasteiger partial charge in [-0.2, -0.15) is 0 Å². The van der Waals surface area contributed by atoms with E-state index in [2.05, 4.69) is 25.7 Å². The summed E-state index contributed by atoms with van der Waals surface area (Å²) in [5.41, 5.74) is 0.930. The van der Waals surface area contributed by atoms with Gasteiger partial charge in [-0.15, -0.1) is 0 Å². The lowest BCUT2D eigenvalue weighted by molar-refractivity contribution is -0.122. The van der Waals surface area contributed by atoms with E-state index in [1.807, 2.05) is 18.2 Å². The highest BCUT2D eigenvalue weighted by atomic mass is 32.2. The number of amides is 1. The fourth-order valence-electron chi connectivity index (χ4n) is 5.17. The maximum absolute atomic E-state index is 13.6. The van der Waals surface area contributed by atoms with Crippen molar-refractivity contribution in [1.82, 2.24) is 14.3 Å². The largest absolute Gasteiger partial charge is 0.355 e. The first-order chi connectivity index (χ1) is 16.9. The zero-order valence-corrected chi connectivity index (χ0v) is 22.7. The number of carbonyl (C=O) groups is 1. The molecular weight excluding hydrogens is 476 g/mol. The monoisotopic (exact) mass is 512 g/mol. The maximum Gasteiger partial charge on any atom is 0.267 e. The van der Waals surface area contributed by atoms with Gasteiger partial charge in [0, 0.05) is 25.8 Å². The lowest BCUT2D eigenvalue weighted by Crippen LogP contribution is -2.40. The lowest BCUT2D eigenvalue weighted by atomic mass is 9.91. The van der Waals surface area contributed by atoms with Crippen molar-refractivity contribution in [2.24, 2.45) is 11.8 Å². The molecule has 2 aromatic rings. The maximum atomic E-state index is 13.6. The molecule has 0 unspecified atom stereocenters. The standard InChI is InChI=1S/C27H36N4O2S2/c1-4-5-6-7-8-10-14-31-26(33)22(35-27(31)34)16-21-24(29-17-19(2)15-20(3)18-29)28-23-12-9-11-13-30(23)25(21)32/h9,11-13,16,19-20H,4-8,10,14-15,17-18H2,1-3H3/b22-16+/t19-,20+. The minimum atomic E-state index is -0.155. The Kier molecular flexibility index (Phi) is 8.65. The molecule has 1 amide bonds. The van der Waals surface area contributed by atoms with E-state index in [0.717, 1.165) is 32.4 Å². The SMILES string of the molecule is CCCCCCCCN1C(=O)/C(=C\c2c(N3C[C@H](C)C[C@H](C)C3)nc3ccccn3c2=O)SC1=S. The van der Waals surface area contributed by atoms with Gasteiger partial charge in [-0.3, -0.25) is 18.9 Å². The van der Waals surface area contributed by atoms with Gasteiger partial charge in [0.25, 0.3) is 11.5 Å². The van der Waals surface area contributed by atoms with E-state index in [9.17, 15) is 9.59 Å². The van der Waals surface area contributed by atoms with Crippen LogP contribution in [0.3, 0.4) is 0 Å². The van der Waals surface area contributed by atoms with Gasteiger partial charge < -0.3 is 4.90 Å². The Balaban J connectivity index is 1.63. The number of unbranched alkanes of at least 4 members (excludes halogenated alkanes) is 5. The highest BCUT2D eigenvalue weighted by Crippen LogP contribution is 2.34. The molecule has 0 radical (unpaired) electrons. The Morgan fingerprint density at radius 1 is 1.09 bits per heavy atom. The number of nitrogens with zero attached hydrogens (tertiary/aromatic N) is 4. The van der Waals surface area contributed by atoms with Crippen LogP contribution < -0.4 is 10.5 Å². The molecule has 188 valence electrons. The summed E-state index contributed by atoms with van der Waals surface area (Å²) >= 11 is 6.84. The van der Waals surface area contributed by atoms with Crippen LogP contribution in [0.15, 0.2) is 34.1 Å². The summed E-state index contributed by atoms with van der Waals surface area (Å²) in [7, 11) is 0. The highest BCUT2D eigenvalue weighted by Gasteiger charge is 2.33. The van der Waals surface area contributed by atoms with Crippen LogP contribution in [0.1, 0.15) is 71.3 Å². The van der Waals surface area contributed by atoms with E-state index in [4.69, 9.17) is 17.2 Å². The zero-order chi connectivity index (χ0) is 24.9. The Morgan fingerprint density at radius 3 is 2.54 bits per heavy atom. The molecule has 2 aromatic heterocycles. The molecule has 35 heavy (non-hydrogen) atoms. The molecule has 2 atom stereocenters. The molecule has 2 fully saturated rings. The number of thioether (sulfide) groups is 1. The van der Waals surface area contributed by atoms with E-state index >= 15 is 0 Å². The number of thiocarbonyl (C=S) groups is 1. The molecule has 4 heterocycles. The second-order valence-corrected chi connectivity index (χ2v) is 11.7. The average Bonchev–Trinajstić information content (AvgIpc) is 3.09. The summed E-state index contributed by atoms with van der Waals surface area (Å²) in [4.78, 5) is 36.2. The molecule has 0 aromatic carbocycles. The van der Waals surface area contributed by atoms with Gasteiger partial charge >= 0.3 is 0 Å². The quantitative estimate of drug-likeness (QED) is 0.243. The molecule has 8 heteroatoms. The number of aromatic nitrogens is 2. The minimum Gasteiger partial charge on any atom is -0.355 e. The second kappa shape index (κ2) is 11.7. The van der Waals surface area contributed by atoms with Gasteiger partial charge in [0.2, 0.25) is 0 Å². The second-order valence-electron chi connectivity index (χ2n) is 10.0.